The van der Waals surface area contributed by atoms with Gasteiger partial charge in [0.1, 0.15) is 18.7 Å². The highest BCUT2D eigenvalue weighted by molar-refractivity contribution is 5.61. The number of aromatic nitrogens is 2. The van der Waals surface area contributed by atoms with Crippen molar-refractivity contribution >= 4 is 11.5 Å². The summed E-state index contributed by atoms with van der Waals surface area (Å²) in [7, 11) is 4.04. The van der Waals surface area contributed by atoms with E-state index in [0.717, 1.165) is 43.7 Å². The van der Waals surface area contributed by atoms with Crippen molar-refractivity contribution in [2.24, 2.45) is 0 Å². The van der Waals surface area contributed by atoms with Crippen molar-refractivity contribution in [3.63, 3.8) is 0 Å². The number of nitriles is 1. The zero-order valence-electron chi connectivity index (χ0n) is 23.5. The predicted molar refractivity (Wildman–Crippen MR) is 153 cm³/mol. The summed E-state index contributed by atoms with van der Waals surface area (Å²) in [5.41, 5.74) is 5.04. The Balaban J connectivity index is 1.44. The summed E-state index contributed by atoms with van der Waals surface area (Å²) in [6.45, 7) is 9.30. The quantitative estimate of drug-likeness (QED) is 0.490. The number of nitrogens with zero attached hydrogens (tertiary/aromatic N) is 7. The molecule has 0 saturated carbocycles. The number of hydrogen-bond acceptors (Lipinski definition) is 9. The molecule has 0 amide bonds. The van der Waals surface area contributed by atoms with Crippen LogP contribution in [0.3, 0.4) is 0 Å². The first-order chi connectivity index (χ1) is 18.9. The zero-order chi connectivity index (χ0) is 27.5. The Morgan fingerprint density at radius 3 is 2.85 bits per heavy atom. The van der Waals surface area contributed by atoms with E-state index in [2.05, 4.69) is 58.5 Å². The summed E-state index contributed by atoms with van der Waals surface area (Å²) in [6.07, 6.45) is 4.96. The average molecular weight is 532 g/mol. The zero-order valence-corrected chi connectivity index (χ0v) is 23.5. The molecule has 1 aromatic heterocycles. The van der Waals surface area contributed by atoms with Gasteiger partial charge in [-0.1, -0.05) is 24.8 Å². The number of benzene rings is 1. The highest BCUT2D eigenvalue weighted by Crippen LogP contribution is 2.39. The van der Waals surface area contributed by atoms with E-state index in [-0.39, 0.29) is 6.04 Å². The lowest BCUT2D eigenvalue weighted by atomic mass is 9.90. The van der Waals surface area contributed by atoms with Gasteiger partial charge in [0.05, 0.1) is 18.2 Å². The van der Waals surface area contributed by atoms with Crippen molar-refractivity contribution < 1.29 is 9.84 Å². The van der Waals surface area contributed by atoms with Crippen LogP contribution >= 0.6 is 0 Å². The maximum atomic E-state index is 10.5. The van der Waals surface area contributed by atoms with Gasteiger partial charge in [-0.3, -0.25) is 4.90 Å². The minimum absolute atomic E-state index is 0.112. The number of likely N-dealkylation sites (N-methyl/N-ethyl adjacent to an activating group) is 1. The number of fused-ring (bicyclic) bond motifs is 2. The maximum Gasteiger partial charge on any atom is 0.318 e. The molecule has 9 heteroatoms. The van der Waals surface area contributed by atoms with Crippen LogP contribution in [0.2, 0.25) is 0 Å². The topological polar surface area (TPSA) is 92.0 Å². The van der Waals surface area contributed by atoms with Crippen LogP contribution in [-0.2, 0) is 19.3 Å². The monoisotopic (exact) mass is 531 g/mol. The third kappa shape index (κ3) is 5.74. The van der Waals surface area contributed by atoms with Crippen LogP contribution in [0, 0.1) is 11.3 Å². The molecule has 1 saturated heterocycles. The first-order valence-electron chi connectivity index (χ1n) is 14.1. The van der Waals surface area contributed by atoms with Gasteiger partial charge in [0.25, 0.3) is 0 Å². The second-order valence-corrected chi connectivity index (χ2v) is 11.2. The van der Waals surface area contributed by atoms with E-state index < -0.39 is 6.23 Å². The average Bonchev–Trinajstić information content (AvgIpc) is 3.27. The van der Waals surface area contributed by atoms with Crippen LogP contribution in [0.4, 0.5) is 11.5 Å². The number of para-hydroxylation sites is 1. The third-order valence-electron chi connectivity index (χ3n) is 8.34. The molecule has 3 aliphatic rings. The van der Waals surface area contributed by atoms with Crippen molar-refractivity contribution in [2.75, 3.05) is 56.7 Å². The molecule has 9 nitrogen and oxygen atoms in total. The summed E-state index contributed by atoms with van der Waals surface area (Å²) in [4.78, 5) is 18.8. The summed E-state index contributed by atoms with van der Waals surface area (Å²) in [5, 5.41) is 20.0. The Kier molecular flexibility index (Phi) is 8.36. The van der Waals surface area contributed by atoms with Crippen LogP contribution in [0.1, 0.15) is 36.6 Å². The van der Waals surface area contributed by atoms with Gasteiger partial charge in [-0.15, -0.1) is 0 Å². The van der Waals surface area contributed by atoms with Crippen molar-refractivity contribution in [3.05, 3.63) is 53.7 Å². The van der Waals surface area contributed by atoms with Gasteiger partial charge in [0, 0.05) is 62.0 Å². The number of piperazine rings is 1. The Labute approximate surface area is 232 Å². The molecule has 3 heterocycles. The van der Waals surface area contributed by atoms with E-state index in [0.29, 0.717) is 50.8 Å². The van der Waals surface area contributed by atoms with Gasteiger partial charge in [-0.25, -0.2) is 0 Å². The molecule has 2 aliphatic heterocycles. The molecule has 0 radical (unpaired) electrons. The molecule has 4 atom stereocenters. The fourth-order valence-electron chi connectivity index (χ4n) is 6.42. The van der Waals surface area contributed by atoms with Crippen LogP contribution in [0.25, 0.3) is 0 Å². The molecule has 0 bridgehead atoms. The molecule has 39 heavy (non-hydrogen) atoms. The van der Waals surface area contributed by atoms with Gasteiger partial charge < -0.3 is 24.5 Å². The fourth-order valence-corrected chi connectivity index (χ4v) is 6.42. The van der Waals surface area contributed by atoms with E-state index in [4.69, 9.17) is 14.7 Å². The SMILES string of the molecule is C=CC(O)N1CCN(c2nc(OCCN(C)C)nc3c2CC[C@H](N2c4ccccc4C[C@@H]2C)C3)C[C@@H]1CC#N. The predicted octanol–water partition coefficient (Wildman–Crippen LogP) is 2.63. The standard InChI is InChI=1S/C30H41N7O2/c1-5-28(38)36-15-14-35(20-24(36)12-13-31)29-25-11-10-23(37-21(2)18-22-8-6-7-9-27(22)37)19-26(25)32-30(33-29)39-17-16-34(3)4/h5-9,21,23-24,28,38H,1,10-12,14-20H2,2-4H3/t21-,23-,24-,28?/m0/s1. The second kappa shape index (κ2) is 11.9. The molecule has 1 fully saturated rings. The Bertz CT molecular complexity index is 1210. The summed E-state index contributed by atoms with van der Waals surface area (Å²) in [6, 6.07) is 12.2. The lowest BCUT2D eigenvalue weighted by molar-refractivity contribution is 0.00430. The molecular formula is C30H41N7O2. The summed E-state index contributed by atoms with van der Waals surface area (Å²) < 4.78 is 6.08. The third-order valence-corrected chi connectivity index (χ3v) is 8.34. The number of hydrogen-bond donors (Lipinski definition) is 1. The molecule has 1 aliphatic carbocycles. The van der Waals surface area contributed by atoms with Gasteiger partial charge >= 0.3 is 6.01 Å². The van der Waals surface area contributed by atoms with Crippen LogP contribution in [0.5, 0.6) is 6.01 Å². The van der Waals surface area contributed by atoms with Gasteiger partial charge in [0.2, 0.25) is 0 Å². The molecule has 1 N–H and O–H groups in total. The molecule has 5 rings (SSSR count). The molecular weight excluding hydrogens is 490 g/mol. The van der Waals surface area contributed by atoms with Crippen LogP contribution < -0.4 is 14.5 Å². The minimum atomic E-state index is -0.763. The lowest BCUT2D eigenvalue weighted by Crippen LogP contribution is -2.56. The first kappa shape index (κ1) is 27.4. The molecule has 0 spiro atoms. The highest BCUT2D eigenvalue weighted by Gasteiger charge is 2.37. The van der Waals surface area contributed by atoms with Gasteiger partial charge in [-0.2, -0.15) is 15.2 Å². The Hall–Kier alpha value is -3.19. The van der Waals surface area contributed by atoms with E-state index in [1.165, 1.54) is 22.9 Å². The van der Waals surface area contributed by atoms with Crippen molar-refractivity contribution in [3.8, 4) is 12.1 Å². The fraction of sp³-hybridized carbons (Fsp3) is 0.567. The summed E-state index contributed by atoms with van der Waals surface area (Å²) >= 11 is 0. The van der Waals surface area contributed by atoms with E-state index in [1.807, 2.05) is 19.0 Å². The largest absolute Gasteiger partial charge is 0.462 e. The first-order valence-corrected chi connectivity index (χ1v) is 14.1. The van der Waals surface area contributed by atoms with Gasteiger partial charge in [0.15, 0.2) is 0 Å². The van der Waals surface area contributed by atoms with E-state index in [1.54, 1.807) is 0 Å². The normalized spacial score (nSPS) is 23.7. The van der Waals surface area contributed by atoms with Crippen LogP contribution in [0.15, 0.2) is 36.9 Å². The Morgan fingerprint density at radius 2 is 2.08 bits per heavy atom. The maximum absolute atomic E-state index is 10.5. The number of aliphatic hydroxyl groups excluding tert-OH is 1. The van der Waals surface area contributed by atoms with Gasteiger partial charge in [-0.05, 0) is 58.0 Å². The Morgan fingerprint density at radius 1 is 1.26 bits per heavy atom. The molecule has 208 valence electrons. The minimum Gasteiger partial charge on any atom is -0.462 e. The number of anilines is 2. The molecule has 1 unspecified atom stereocenters. The number of rotatable bonds is 9. The van der Waals surface area contributed by atoms with Crippen LogP contribution in [-0.4, -0.2) is 96.1 Å². The van der Waals surface area contributed by atoms with Crippen molar-refractivity contribution in [1.29, 1.82) is 5.26 Å². The summed E-state index contributed by atoms with van der Waals surface area (Å²) in [5.74, 6) is 0.920. The number of ether oxygens (including phenoxy) is 1. The van der Waals surface area contributed by atoms with E-state index >= 15 is 0 Å². The van der Waals surface area contributed by atoms with Crippen molar-refractivity contribution in [1.82, 2.24) is 19.8 Å². The number of aliphatic hydroxyl groups is 1. The van der Waals surface area contributed by atoms with Crippen molar-refractivity contribution in [2.45, 2.75) is 63.4 Å². The smallest absolute Gasteiger partial charge is 0.318 e. The second-order valence-electron chi connectivity index (χ2n) is 11.2. The lowest BCUT2D eigenvalue weighted by Gasteiger charge is -2.44. The highest BCUT2D eigenvalue weighted by atomic mass is 16.5. The molecule has 2 aromatic rings. The van der Waals surface area contributed by atoms with E-state index in [9.17, 15) is 10.4 Å². The molecule has 1 aromatic carbocycles.